The van der Waals surface area contributed by atoms with Gasteiger partial charge in [0.15, 0.2) is 5.13 Å². The molecule has 2 heterocycles. The Labute approximate surface area is 119 Å². The second-order valence-corrected chi connectivity index (χ2v) is 6.46. The minimum Gasteiger partial charge on any atom is -0.346 e. The minimum absolute atomic E-state index is 0.707. The number of nitrogens with zero attached hydrogens (tertiary/aromatic N) is 3. The predicted octanol–water partition coefficient (Wildman–Crippen LogP) is 1.80. The van der Waals surface area contributed by atoms with Crippen molar-refractivity contribution in [2.45, 2.75) is 38.3 Å². The third kappa shape index (κ3) is 3.46. The molecule has 1 aliphatic heterocycles. The summed E-state index contributed by atoms with van der Waals surface area (Å²) in [4.78, 5) is 9.48. The van der Waals surface area contributed by atoms with E-state index in [-0.39, 0.29) is 0 Å². The Morgan fingerprint density at radius 2 is 2.16 bits per heavy atom. The van der Waals surface area contributed by atoms with E-state index in [0.29, 0.717) is 6.04 Å². The van der Waals surface area contributed by atoms with Crippen molar-refractivity contribution < 1.29 is 0 Å². The van der Waals surface area contributed by atoms with Crippen LogP contribution in [-0.4, -0.2) is 54.7 Å². The zero-order chi connectivity index (χ0) is 13.1. The fourth-order valence-corrected chi connectivity index (χ4v) is 3.47. The van der Waals surface area contributed by atoms with Crippen molar-refractivity contribution in [3.05, 3.63) is 11.6 Å². The zero-order valence-corrected chi connectivity index (χ0v) is 12.5. The lowest BCUT2D eigenvalue weighted by molar-refractivity contribution is 0.176. The van der Waals surface area contributed by atoms with Gasteiger partial charge in [-0.3, -0.25) is 4.90 Å². The van der Waals surface area contributed by atoms with Crippen molar-refractivity contribution in [1.82, 2.24) is 15.2 Å². The van der Waals surface area contributed by atoms with E-state index in [1.165, 1.54) is 44.0 Å². The summed E-state index contributed by atoms with van der Waals surface area (Å²) in [5, 5.41) is 6.93. The van der Waals surface area contributed by atoms with Gasteiger partial charge in [-0.25, -0.2) is 4.98 Å². The highest BCUT2D eigenvalue weighted by Gasteiger charge is 2.26. The summed E-state index contributed by atoms with van der Waals surface area (Å²) < 4.78 is 0. The number of rotatable bonds is 6. The molecule has 19 heavy (non-hydrogen) atoms. The van der Waals surface area contributed by atoms with E-state index >= 15 is 0 Å². The van der Waals surface area contributed by atoms with E-state index in [1.807, 2.05) is 6.20 Å². The van der Waals surface area contributed by atoms with Crippen LogP contribution in [0.3, 0.4) is 0 Å². The molecule has 106 valence electrons. The minimum atomic E-state index is 0.707. The predicted molar refractivity (Wildman–Crippen MR) is 81.0 cm³/mol. The summed E-state index contributed by atoms with van der Waals surface area (Å²) >= 11 is 1.75. The molecule has 1 saturated carbocycles. The molecule has 5 heteroatoms. The first-order valence-electron chi connectivity index (χ1n) is 7.48. The number of hydrogen-bond donors (Lipinski definition) is 1. The van der Waals surface area contributed by atoms with Crippen molar-refractivity contribution >= 4 is 16.5 Å². The summed E-state index contributed by atoms with van der Waals surface area (Å²) in [5.74, 6) is 0. The van der Waals surface area contributed by atoms with Gasteiger partial charge in [-0.1, -0.05) is 6.92 Å². The Balaban J connectivity index is 1.47. The molecule has 0 aromatic carbocycles. The average molecular weight is 280 g/mol. The van der Waals surface area contributed by atoms with Gasteiger partial charge in [0.25, 0.3) is 0 Å². The van der Waals surface area contributed by atoms with Crippen LogP contribution < -0.4 is 10.2 Å². The molecule has 1 aromatic rings. The Morgan fingerprint density at radius 3 is 2.74 bits per heavy atom. The monoisotopic (exact) mass is 280 g/mol. The van der Waals surface area contributed by atoms with Crippen LogP contribution in [0.15, 0.2) is 11.6 Å². The van der Waals surface area contributed by atoms with E-state index in [0.717, 1.165) is 19.1 Å². The summed E-state index contributed by atoms with van der Waals surface area (Å²) in [6.07, 6.45) is 5.92. The number of thiazole rings is 1. The van der Waals surface area contributed by atoms with Crippen LogP contribution in [-0.2, 0) is 0 Å². The second-order valence-electron chi connectivity index (χ2n) is 5.58. The summed E-state index contributed by atoms with van der Waals surface area (Å²) in [6.45, 7) is 8.06. The smallest absolute Gasteiger partial charge is 0.185 e. The van der Waals surface area contributed by atoms with Gasteiger partial charge in [-0.15, -0.1) is 11.3 Å². The molecule has 0 radical (unpaired) electrons. The normalized spacial score (nSPS) is 22.7. The van der Waals surface area contributed by atoms with Crippen LogP contribution in [0.1, 0.15) is 26.2 Å². The zero-order valence-electron chi connectivity index (χ0n) is 11.7. The highest BCUT2D eigenvalue weighted by Crippen LogP contribution is 2.21. The van der Waals surface area contributed by atoms with Crippen LogP contribution in [0.25, 0.3) is 0 Å². The van der Waals surface area contributed by atoms with E-state index in [1.54, 1.807) is 11.3 Å². The fourth-order valence-electron chi connectivity index (χ4n) is 2.77. The summed E-state index contributed by atoms with van der Waals surface area (Å²) in [7, 11) is 0. The SMILES string of the molecule is CCC(CNC1CC1)N1CCN(c2nccs2)CC1. The third-order valence-corrected chi connectivity index (χ3v) is 5.04. The van der Waals surface area contributed by atoms with Gasteiger partial charge in [0.1, 0.15) is 0 Å². The van der Waals surface area contributed by atoms with Crippen LogP contribution in [0, 0.1) is 0 Å². The Bertz CT molecular complexity index is 369. The van der Waals surface area contributed by atoms with Crippen molar-refractivity contribution in [1.29, 1.82) is 0 Å². The van der Waals surface area contributed by atoms with Crippen LogP contribution in [0.2, 0.25) is 0 Å². The first kappa shape index (κ1) is 13.3. The van der Waals surface area contributed by atoms with Crippen LogP contribution >= 0.6 is 11.3 Å². The molecular formula is C14H24N4S. The summed E-state index contributed by atoms with van der Waals surface area (Å²) in [5.41, 5.74) is 0. The lowest BCUT2D eigenvalue weighted by atomic mass is 10.1. The van der Waals surface area contributed by atoms with Gasteiger partial charge in [-0.2, -0.15) is 0 Å². The summed E-state index contributed by atoms with van der Waals surface area (Å²) in [6, 6.07) is 1.53. The lowest BCUT2D eigenvalue weighted by Crippen LogP contribution is -2.53. The quantitative estimate of drug-likeness (QED) is 0.861. The van der Waals surface area contributed by atoms with Crippen molar-refractivity contribution in [2.75, 3.05) is 37.6 Å². The van der Waals surface area contributed by atoms with Gasteiger partial charge in [-0.05, 0) is 19.3 Å². The lowest BCUT2D eigenvalue weighted by Gasteiger charge is -2.39. The van der Waals surface area contributed by atoms with Crippen LogP contribution in [0.5, 0.6) is 0 Å². The van der Waals surface area contributed by atoms with Gasteiger partial charge < -0.3 is 10.2 Å². The van der Waals surface area contributed by atoms with E-state index in [4.69, 9.17) is 0 Å². The number of hydrogen-bond acceptors (Lipinski definition) is 5. The van der Waals surface area contributed by atoms with Crippen molar-refractivity contribution in [3.8, 4) is 0 Å². The maximum atomic E-state index is 4.41. The molecule has 1 N–H and O–H groups in total. The number of aromatic nitrogens is 1. The van der Waals surface area contributed by atoms with E-state index < -0.39 is 0 Å². The molecule has 0 amide bonds. The molecule has 1 aromatic heterocycles. The largest absolute Gasteiger partial charge is 0.346 e. The molecule has 0 spiro atoms. The maximum Gasteiger partial charge on any atom is 0.185 e. The van der Waals surface area contributed by atoms with Crippen molar-refractivity contribution in [3.63, 3.8) is 0 Å². The fraction of sp³-hybridized carbons (Fsp3) is 0.786. The Kier molecular flexibility index (Phi) is 4.35. The molecule has 0 bridgehead atoms. The molecule has 1 aliphatic carbocycles. The Hall–Kier alpha value is -0.650. The average Bonchev–Trinajstić information content (AvgIpc) is 3.12. The van der Waals surface area contributed by atoms with E-state index in [9.17, 15) is 0 Å². The van der Waals surface area contributed by atoms with Gasteiger partial charge in [0, 0.05) is 56.4 Å². The molecule has 2 aliphatic rings. The second kappa shape index (κ2) is 6.20. The molecule has 1 saturated heterocycles. The van der Waals surface area contributed by atoms with Gasteiger partial charge in [0.2, 0.25) is 0 Å². The van der Waals surface area contributed by atoms with Gasteiger partial charge in [0.05, 0.1) is 0 Å². The topological polar surface area (TPSA) is 31.4 Å². The maximum absolute atomic E-state index is 4.41. The standard InChI is InChI=1S/C14H24N4S/c1-2-13(11-16-12-3-4-12)17-6-8-18(9-7-17)14-15-5-10-19-14/h5,10,12-13,16H,2-4,6-9,11H2,1H3. The highest BCUT2D eigenvalue weighted by atomic mass is 32.1. The molecular weight excluding hydrogens is 256 g/mol. The first-order valence-corrected chi connectivity index (χ1v) is 8.36. The molecule has 1 unspecified atom stereocenters. The molecule has 4 nitrogen and oxygen atoms in total. The molecule has 1 atom stereocenters. The molecule has 2 fully saturated rings. The van der Waals surface area contributed by atoms with Gasteiger partial charge >= 0.3 is 0 Å². The van der Waals surface area contributed by atoms with Crippen molar-refractivity contribution in [2.24, 2.45) is 0 Å². The number of piperazine rings is 1. The van der Waals surface area contributed by atoms with Crippen LogP contribution in [0.4, 0.5) is 5.13 Å². The highest BCUT2D eigenvalue weighted by molar-refractivity contribution is 7.13. The van der Waals surface area contributed by atoms with E-state index in [2.05, 4.69) is 32.4 Å². The number of anilines is 1. The third-order valence-electron chi connectivity index (χ3n) is 4.21. The number of nitrogens with one attached hydrogen (secondary N) is 1. The molecule has 3 rings (SSSR count). The first-order chi connectivity index (χ1) is 9.36. The Morgan fingerprint density at radius 1 is 1.37 bits per heavy atom.